The number of halogens is 2. The average Bonchev–Trinajstić information content (AvgIpc) is 4.08. The number of aryl methyl sites for hydroxylation is 2. The van der Waals surface area contributed by atoms with Crippen molar-refractivity contribution in [2.24, 2.45) is 12.5 Å². The van der Waals surface area contributed by atoms with Crippen LogP contribution in [0.25, 0.3) is 32.5 Å². The lowest BCUT2D eigenvalue weighted by molar-refractivity contribution is -0.144. The first-order chi connectivity index (χ1) is 33.6. The maximum absolute atomic E-state index is 14.8. The number of benzene rings is 3. The predicted octanol–water partition coefficient (Wildman–Crippen LogP) is 6.51. The zero-order valence-electron chi connectivity index (χ0n) is 40.0. The number of nitrogens with zero attached hydrogens (tertiary/aromatic N) is 3. The van der Waals surface area contributed by atoms with E-state index in [0.29, 0.717) is 24.5 Å². The number of pyridine rings is 1. The number of aliphatic hydroxyl groups excluding tert-OH is 1. The Hall–Kier alpha value is -6.97. The Bertz CT molecular complexity index is 3150. The maximum Gasteiger partial charge on any atom is 0.274 e. The molecule has 3 aromatic heterocycles. The number of aromatic nitrogens is 3. The number of β-amino-alcohol motifs (C(OH)–C–C–N with tert-alkyl or cyclic N) is 1. The van der Waals surface area contributed by atoms with Crippen molar-refractivity contribution in [1.82, 2.24) is 35.4 Å². The van der Waals surface area contributed by atoms with Crippen molar-refractivity contribution in [2.45, 2.75) is 85.0 Å². The molecule has 6 aromatic rings. The van der Waals surface area contributed by atoms with Gasteiger partial charge in [0.25, 0.3) is 11.5 Å². The van der Waals surface area contributed by atoms with E-state index in [1.165, 1.54) is 53.9 Å². The van der Waals surface area contributed by atoms with E-state index in [-0.39, 0.29) is 77.6 Å². The summed E-state index contributed by atoms with van der Waals surface area (Å²) >= 11 is 1.55. The molecule has 0 radical (unpaired) electrons. The van der Waals surface area contributed by atoms with Crippen molar-refractivity contribution >= 4 is 61.6 Å². The summed E-state index contributed by atoms with van der Waals surface area (Å²) in [5.41, 5.74) is 4.05. The molecule has 1 fully saturated rings. The van der Waals surface area contributed by atoms with Gasteiger partial charge in [-0.25, -0.2) is 22.2 Å². The van der Waals surface area contributed by atoms with Crippen molar-refractivity contribution < 1.29 is 46.2 Å². The van der Waals surface area contributed by atoms with E-state index in [0.717, 1.165) is 33.8 Å². The molecule has 6 N–H and O–H groups in total. The van der Waals surface area contributed by atoms with Crippen LogP contribution in [0.3, 0.4) is 0 Å². The Morgan fingerprint density at radius 3 is 2.39 bits per heavy atom. The van der Waals surface area contributed by atoms with Gasteiger partial charge in [-0.1, -0.05) is 45.0 Å². The number of rotatable bonds is 18. The van der Waals surface area contributed by atoms with E-state index >= 15 is 0 Å². The van der Waals surface area contributed by atoms with Gasteiger partial charge in [-0.2, -0.15) is 0 Å². The number of carbonyl (C=O) groups excluding carboxylic acids is 4. The molecular weight excluding hydrogens is 959 g/mol. The number of thiazole rings is 1. The zero-order valence-corrected chi connectivity index (χ0v) is 41.7. The lowest BCUT2D eigenvalue weighted by Gasteiger charge is -2.35. The number of sulfonamides is 1. The van der Waals surface area contributed by atoms with E-state index in [4.69, 9.17) is 4.74 Å². The smallest absolute Gasteiger partial charge is 0.274 e. The molecule has 0 spiro atoms. The average molecular weight is 1020 g/mol. The quantitative estimate of drug-likeness (QED) is 0.0511. The SMILES string of the molecule is CCS(=O)(=O)Nc1ccc(Oc2ccc(F)cc2F)c(-c2cn(C)c(=O)c3[nH]c(C(=O)NCCCCC(=O)N[C@H](C(=O)N4C[C@H](O)C[C@H]4C(=O)NCc4ccc(-c5scnc5C)cc4)C(C)(C)C)cc23)c1. The highest BCUT2D eigenvalue weighted by Crippen LogP contribution is 2.40. The van der Waals surface area contributed by atoms with Crippen LogP contribution in [-0.4, -0.2) is 93.6 Å². The van der Waals surface area contributed by atoms with Crippen molar-refractivity contribution in [3.63, 3.8) is 0 Å². The van der Waals surface area contributed by atoms with Crippen LogP contribution in [0.2, 0.25) is 0 Å². The summed E-state index contributed by atoms with van der Waals surface area (Å²) in [6.07, 6.45) is 1.26. The molecule has 376 valence electrons. The Morgan fingerprint density at radius 1 is 0.986 bits per heavy atom. The Morgan fingerprint density at radius 2 is 1.72 bits per heavy atom. The highest BCUT2D eigenvalue weighted by molar-refractivity contribution is 7.92. The van der Waals surface area contributed by atoms with Crippen molar-refractivity contribution in [3.05, 3.63) is 117 Å². The van der Waals surface area contributed by atoms with Gasteiger partial charge >= 0.3 is 0 Å². The Kier molecular flexibility index (Phi) is 15.8. The standard InChI is InChI=1S/C50H56F2N8O9S2/c1-7-71(67,68)58-32-16-18-40(69-41-17-15-31(51)20-37(41)52)34(21-32)36-26-59(6)48(65)43-35(36)23-38(56-43)46(63)53-19-9-8-10-42(62)57-45(50(3,4)5)49(66)60-25-33(61)22-39(60)47(64)54-24-29-11-13-30(14-12-29)44-28(2)55-27-70-44/h11-18,20-21,23,26-27,33,39,45,56,58,61H,7-10,19,22,24-25H2,1-6H3,(H,53,63)(H,54,64)(H,57,62)/t33-,39+,45-/m1/s1. The van der Waals surface area contributed by atoms with Crippen molar-refractivity contribution in [3.8, 4) is 33.1 Å². The number of fused-ring (bicyclic) bond motifs is 1. The summed E-state index contributed by atoms with van der Waals surface area (Å²) < 4.78 is 63.1. The number of ether oxygens (including phenoxy) is 1. The van der Waals surface area contributed by atoms with Crippen LogP contribution >= 0.6 is 11.3 Å². The van der Waals surface area contributed by atoms with Gasteiger partial charge in [0, 0.05) is 74.0 Å². The first-order valence-corrected chi connectivity index (χ1v) is 25.5. The summed E-state index contributed by atoms with van der Waals surface area (Å²) in [5.74, 6) is -4.23. The molecule has 1 aliphatic heterocycles. The molecular formula is C50H56F2N8O9S2. The number of H-pyrrole nitrogens is 1. The van der Waals surface area contributed by atoms with Crippen LogP contribution in [0.4, 0.5) is 14.5 Å². The Labute approximate surface area is 413 Å². The fourth-order valence-corrected chi connectivity index (χ4v) is 9.66. The minimum absolute atomic E-state index is 0.00905. The van der Waals surface area contributed by atoms with Crippen LogP contribution in [0.1, 0.15) is 75.1 Å². The number of aliphatic hydroxyl groups is 1. The molecule has 0 aliphatic carbocycles. The third-order valence-corrected chi connectivity index (χ3v) is 14.4. The molecule has 21 heteroatoms. The number of nitrogens with one attached hydrogen (secondary N) is 5. The molecule has 1 saturated heterocycles. The number of aromatic amines is 1. The monoisotopic (exact) mass is 1010 g/mol. The second kappa shape index (κ2) is 21.6. The molecule has 1 aliphatic rings. The number of hydrogen-bond donors (Lipinski definition) is 6. The van der Waals surface area contributed by atoms with Gasteiger partial charge in [0.2, 0.25) is 27.7 Å². The van der Waals surface area contributed by atoms with Gasteiger partial charge in [0.1, 0.15) is 34.9 Å². The third kappa shape index (κ3) is 12.3. The number of unbranched alkanes of at least 4 members (excludes halogenated alkanes) is 1. The molecule has 0 unspecified atom stereocenters. The van der Waals surface area contributed by atoms with Crippen LogP contribution < -0.4 is 31.0 Å². The maximum atomic E-state index is 14.8. The summed E-state index contributed by atoms with van der Waals surface area (Å²) in [4.78, 5) is 77.4. The molecule has 71 heavy (non-hydrogen) atoms. The lowest BCUT2D eigenvalue weighted by atomic mass is 9.85. The van der Waals surface area contributed by atoms with E-state index in [1.807, 2.05) is 31.2 Å². The summed E-state index contributed by atoms with van der Waals surface area (Å²) in [6.45, 7) is 9.06. The van der Waals surface area contributed by atoms with Crippen LogP contribution in [0.5, 0.6) is 11.5 Å². The van der Waals surface area contributed by atoms with E-state index in [9.17, 15) is 46.3 Å². The summed E-state index contributed by atoms with van der Waals surface area (Å²) in [5, 5.41) is 19.4. The lowest BCUT2D eigenvalue weighted by Crippen LogP contribution is -2.57. The molecule has 7 rings (SSSR count). The van der Waals surface area contributed by atoms with Gasteiger partial charge in [-0.05, 0) is 79.6 Å². The molecule has 3 atom stereocenters. The normalized spacial score (nSPS) is 15.4. The van der Waals surface area contributed by atoms with Crippen LogP contribution in [0.15, 0.2) is 83.2 Å². The second-order valence-electron chi connectivity index (χ2n) is 18.5. The molecule has 3 aromatic carbocycles. The molecule has 0 saturated carbocycles. The molecule has 4 heterocycles. The second-order valence-corrected chi connectivity index (χ2v) is 21.3. The Balaban J connectivity index is 0.972. The summed E-state index contributed by atoms with van der Waals surface area (Å²) in [6, 6.07) is 14.2. The van der Waals surface area contributed by atoms with E-state index < -0.39 is 74.4 Å². The highest BCUT2D eigenvalue weighted by atomic mass is 32.2. The number of carbonyl (C=O) groups is 4. The first kappa shape index (κ1) is 51.9. The first-order valence-electron chi connectivity index (χ1n) is 23.0. The van der Waals surface area contributed by atoms with Gasteiger partial charge in [0.05, 0.1) is 27.9 Å². The van der Waals surface area contributed by atoms with Gasteiger partial charge < -0.3 is 40.2 Å². The van der Waals surface area contributed by atoms with E-state index in [2.05, 4.69) is 30.6 Å². The molecule has 0 bridgehead atoms. The topological polar surface area (TPSA) is 234 Å². The van der Waals surface area contributed by atoms with Gasteiger partial charge in [0.15, 0.2) is 11.6 Å². The number of hydrogen-bond acceptors (Lipinski definition) is 11. The minimum Gasteiger partial charge on any atom is -0.454 e. The number of anilines is 1. The minimum atomic E-state index is -3.74. The highest BCUT2D eigenvalue weighted by Gasteiger charge is 2.44. The largest absolute Gasteiger partial charge is 0.454 e. The van der Waals surface area contributed by atoms with Crippen LogP contribution in [-0.2, 0) is 38.0 Å². The van der Waals surface area contributed by atoms with Crippen molar-refractivity contribution in [1.29, 1.82) is 0 Å². The third-order valence-electron chi connectivity index (χ3n) is 12.1. The fourth-order valence-electron chi connectivity index (χ4n) is 8.21. The molecule has 17 nitrogen and oxygen atoms in total. The van der Waals surface area contributed by atoms with E-state index in [1.54, 1.807) is 37.6 Å². The summed E-state index contributed by atoms with van der Waals surface area (Å²) in [7, 11) is -2.26. The fraction of sp³-hybridized carbons (Fsp3) is 0.360. The molecule has 4 amide bonds. The van der Waals surface area contributed by atoms with Gasteiger partial charge in [-0.3, -0.25) is 28.7 Å². The van der Waals surface area contributed by atoms with Gasteiger partial charge in [-0.15, -0.1) is 11.3 Å². The predicted molar refractivity (Wildman–Crippen MR) is 266 cm³/mol. The number of likely N-dealkylation sites (tertiary alicyclic amines) is 1. The zero-order chi connectivity index (χ0) is 51.4. The number of amides is 4. The van der Waals surface area contributed by atoms with Crippen molar-refractivity contribution in [2.75, 3.05) is 23.6 Å². The van der Waals surface area contributed by atoms with Crippen LogP contribution in [0, 0.1) is 24.0 Å².